The molecule has 0 spiro atoms. The van der Waals surface area contributed by atoms with Gasteiger partial charge in [0.25, 0.3) is 20.0 Å². The average Bonchev–Trinajstić information content (AvgIpc) is 3.80. The summed E-state index contributed by atoms with van der Waals surface area (Å²) < 4.78 is 93.0. The van der Waals surface area contributed by atoms with Crippen molar-refractivity contribution < 1.29 is 40.2 Å². The van der Waals surface area contributed by atoms with Gasteiger partial charge in [0.05, 0.1) is 21.2 Å². The first-order valence-corrected chi connectivity index (χ1v) is 20.4. The Labute approximate surface area is 321 Å². The van der Waals surface area contributed by atoms with Crippen LogP contribution < -0.4 is 8.55 Å². The summed E-state index contributed by atoms with van der Waals surface area (Å²) in [5.41, 5.74) is 1.64. The van der Waals surface area contributed by atoms with Gasteiger partial charge in [0, 0.05) is 27.6 Å². The van der Waals surface area contributed by atoms with Gasteiger partial charge in [-0.05, 0) is 78.6 Å². The van der Waals surface area contributed by atoms with Gasteiger partial charge in [-0.3, -0.25) is 4.72 Å². The van der Waals surface area contributed by atoms with Crippen LogP contribution in [0.25, 0.3) is 0 Å². The Hall–Kier alpha value is -4.07. The molecule has 0 aliphatic heterocycles. The number of hydrogen-bond donors (Lipinski definition) is 3. The first-order valence-electron chi connectivity index (χ1n) is 15.0. The number of anilines is 2. The van der Waals surface area contributed by atoms with Crippen molar-refractivity contribution in [2.24, 2.45) is 0 Å². The van der Waals surface area contributed by atoms with E-state index >= 15 is 0 Å². The third-order valence-electron chi connectivity index (χ3n) is 7.48. The summed E-state index contributed by atoms with van der Waals surface area (Å²) >= 11 is 13.9. The number of aliphatic hydroxyl groups is 2. The van der Waals surface area contributed by atoms with E-state index in [2.05, 4.69) is 14.7 Å². The Kier molecular flexibility index (Phi) is 12.5. The summed E-state index contributed by atoms with van der Waals surface area (Å²) in [6.07, 6.45) is -2.52. The van der Waals surface area contributed by atoms with Crippen LogP contribution in [-0.4, -0.2) is 37.0 Å². The second kappa shape index (κ2) is 16.5. The lowest BCUT2D eigenvalue weighted by Gasteiger charge is -2.14. The molecule has 0 saturated heterocycles. The number of aliphatic hydroxyl groups excluding tert-OH is 2. The maximum absolute atomic E-state index is 13.3. The van der Waals surface area contributed by atoms with Crippen molar-refractivity contribution in [2.75, 3.05) is 8.55 Å². The van der Waals surface area contributed by atoms with Gasteiger partial charge in [0.2, 0.25) is 5.13 Å². The predicted molar refractivity (Wildman–Crippen MR) is 199 cm³/mol. The molecule has 2 unspecified atom stereocenters. The Morgan fingerprint density at radius 1 is 0.755 bits per heavy atom. The molecule has 3 N–H and O–H groups in total. The molecule has 0 aliphatic rings. The van der Waals surface area contributed by atoms with Crippen molar-refractivity contribution in [1.82, 2.24) is 9.97 Å². The minimum Gasteiger partial charge on any atom is -0.382 e. The van der Waals surface area contributed by atoms with Gasteiger partial charge in [0.1, 0.15) is 18.0 Å². The summed E-state index contributed by atoms with van der Waals surface area (Å²) in [6, 6.07) is 19.4. The number of nitrogens with zero attached hydrogens (tertiary/aromatic N) is 3. The quantitative estimate of drug-likeness (QED) is 0.117. The van der Waals surface area contributed by atoms with Crippen LogP contribution in [0.2, 0.25) is 5.02 Å². The van der Waals surface area contributed by atoms with E-state index in [1.165, 1.54) is 53.2 Å². The number of sulfonamides is 2. The summed E-state index contributed by atoms with van der Waals surface area (Å²) in [4.78, 5) is 8.20. The van der Waals surface area contributed by atoms with Crippen LogP contribution in [0.5, 0.6) is 0 Å². The van der Waals surface area contributed by atoms with Crippen molar-refractivity contribution >= 4 is 76.4 Å². The second-order valence-electron chi connectivity index (χ2n) is 11.1. The summed E-state index contributed by atoms with van der Waals surface area (Å²) in [5.74, 6) is -2.62. The van der Waals surface area contributed by atoms with E-state index in [4.69, 9.17) is 23.4 Å². The minimum absolute atomic E-state index is 0.00732. The van der Waals surface area contributed by atoms with Crippen LogP contribution in [0.15, 0.2) is 105 Å². The zero-order valence-electron chi connectivity index (χ0n) is 27.3. The molecule has 6 rings (SSSR count). The number of halogens is 5. The van der Waals surface area contributed by atoms with Crippen molar-refractivity contribution in [3.05, 3.63) is 152 Å². The van der Waals surface area contributed by atoms with Gasteiger partial charge in [-0.1, -0.05) is 54.1 Å². The normalized spacial score (nSPS) is 12.8. The molecule has 0 radical (unpaired) electrons. The minimum atomic E-state index is -4.00. The van der Waals surface area contributed by atoms with E-state index in [1.807, 2.05) is 0 Å². The maximum atomic E-state index is 13.3. The van der Waals surface area contributed by atoms with Crippen molar-refractivity contribution in [2.45, 2.75) is 35.8 Å². The largest absolute Gasteiger partial charge is 0.382 e. The monoisotopic (exact) mass is 842 g/mol. The molecule has 278 valence electrons. The number of hydrogen-bond acceptors (Lipinski definition) is 10. The van der Waals surface area contributed by atoms with Gasteiger partial charge in [0.15, 0.2) is 16.8 Å². The molecule has 2 atom stereocenters. The molecule has 0 amide bonds. The lowest BCUT2D eigenvalue weighted by atomic mass is 10.1. The highest BCUT2D eigenvalue weighted by molar-refractivity contribution is 7.94. The van der Waals surface area contributed by atoms with Gasteiger partial charge in [-0.15, -0.1) is 26.5 Å². The highest BCUT2D eigenvalue weighted by Gasteiger charge is 2.29. The Morgan fingerprint density at radius 2 is 1.38 bits per heavy atom. The Balaban J connectivity index is 0.000000204. The molecule has 4 aromatic carbocycles. The third-order valence-corrected chi connectivity index (χ3v) is 13.6. The zero-order valence-corrected chi connectivity index (χ0v) is 32.1. The van der Waals surface area contributed by atoms with Gasteiger partial charge >= 0.3 is 0 Å². The molecule has 2 aromatic heterocycles. The molecule has 2 heterocycles. The van der Waals surface area contributed by atoms with E-state index in [0.717, 1.165) is 34.8 Å². The van der Waals surface area contributed by atoms with Gasteiger partial charge < -0.3 is 10.2 Å². The molecule has 53 heavy (non-hydrogen) atoms. The molecule has 6 aromatic rings. The maximum Gasteiger partial charge on any atom is 0.280 e. The van der Waals surface area contributed by atoms with Crippen molar-refractivity contribution in [3.8, 4) is 0 Å². The zero-order chi connectivity index (χ0) is 38.7. The molecule has 0 aliphatic carbocycles. The molecule has 0 saturated carbocycles. The first-order chi connectivity index (χ1) is 25.0. The highest BCUT2D eigenvalue weighted by Crippen LogP contribution is 2.34. The predicted octanol–water partition coefficient (Wildman–Crippen LogP) is 8.29. The number of aryl methyl sites for hydroxylation is 1. The molecule has 10 nitrogen and oxygen atoms in total. The van der Waals surface area contributed by atoms with Crippen molar-refractivity contribution in [1.29, 1.82) is 0 Å². The first kappa shape index (κ1) is 40.1. The molecular formula is C34H27Cl2F3N4O6S4. The van der Waals surface area contributed by atoms with Crippen LogP contribution >= 0.6 is 46.1 Å². The number of benzene rings is 4. The number of rotatable bonds is 10. The fraction of sp³-hybridized carbons (Fsp3) is 0.118. The molecule has 19 heteroatoms. The van der Waals surface area contributed by atoms with E-state index in [1.54, 1.807) is 44.2 Å². The summed E-state index contributed by atoms with van der Waals surface area (Å²) in [6.45, 7) is 3.25. The fourth-order valence-electron chi connectivity index (χ4n) is 4.73. The van der Waals surface area contributed by atoms with E-state index in [9.17, 15) is 40.2 Å². The average molecular weight is 844 g/mol. The van der Waals surface area contributed by atoms with Crippen LogP contribution in [0.4, 0.5) is 23.4 Å². The standard InChI is InChI=1S/C17H13ClF2N2O3S2.C17H14ClFN2O3S2/c1-9-11(18)3-2-4-15(9)27(24,25)22-17-21-14(8-26-17)16(23)10-5-6-12(19)13(20)7-10;1-11-5-2-3-8-15(11)26(23,24)21(18)17-20-14(10-25-17)16(22)12-6-4-7-13(19)9-12/h2-8,16,23H,1H3,(H,21,22);2-10,16,22H,1H3. The van der Waals surface area contributed by atoms with E-state index < -0.39 is 49.7 Å². The number of thiazole rings is 2. The molecule has 0 bridgehead atoms. The van der Waals surface area contributed by atoms with Crippen molar-refractivity contribution in [3.63, 3.8) is 0 Å². The Morgan fingerprint density at radius 3 is 2.06 bits per heavy atom. The summed E-state index contributed by atoms with van der Waals surface area (Å²) in [7, 11) is -7.93. The van der Waals surface area contributed by atoms with Crippen LogP contribution in [0.1, 0.15) is 45.8 Å². The smallest absolute Gasteiger partial charge is 0.280 e. The molecular weight excluding hydrogens is 817 g/mol. The molecule has 0 fully saturated rings. The summed E-state index contributed by atoms with van der Waals surface area (Å²) in [5, 5.41) is 23.8. The van der Waals surface area contributed by atoms with Crippen LogP contribution in [-0.2, 0) is 20.0 Å². The lowest BCUT2D eigenvalue weighted by molar-refractivity contribution is 0.215. The van der Waals surface area contributed by atoms with Crippen LogP contribution in [0, 0.1) is 31.3 Å². The lowest BCUT2D eigenvalue weighted by Crippen LogP contribution is -2.22. The van der Waals surface area contributed by atoms with Gasteiger partial charge in [-0.2, -0.15) is 8.42 Å². The second-order valence-corrected chi connectivity index (χ2v) is 17.2. The third kappa shape index (κ3) is 9.18. The highest BCUT2D eigenvalue weighted by atomic mass is 35.5. The SMILES string of the molecule is Cc1c(Cl)cccc1S(=O)(=O)Nc1nc(C(O)c2ccc(F)c(F)c2)cs1.Cc1ccccc1S(=O)(=O)N(Cl)c1nc(C(O)c2cccc(F)c2)cs1. The number of aromatic nitrogens is 2. The number of nitrogens with one attached hydrogen (secondary N) is 1. The topological polar surface area (TPSA) is 150 Å². The van der Waals surface area contributed by atoms with Gasteiger partial charge in [-0.25, -0.2) is 31.6 Å². The van der Waals surface area contributed by atoms with Crippen LogP contribution in [0.3, 0.4) is 0 Å². The Bertz CT molecular complexity index is 2490. The fourth-order valence-corrected chi connectivity index (χ4v) is 9.80. The van der Waals surface area contributed by atoms with E-state index in [0.29, 0.717) is 25.5 Å². The van der Waals surface area contributed by atoms with E-state index in [-0.39, 0.29) is 37.0 Å².